The topological polar surface area (TPSA) is 9.23 Å². The van der Waals surface area contributed by atoms with Crippen LogP contribution in [0.4, 0.5) is 0 Å². The highest BCUT2D eigenvalue weighted by Crippen LogP contribution is 2.24. The van der Waals surface area contributed by atoms with Crippen LogP contribution in [0.3, 0.4) is 0 Å². The van der Waals surface area contributed by atoms with Crippen LogP contribution in [0, 0.1) is 0 Å². The summed E-state index contributed by atoms with van der Waals surface area (Å²) in [5.74, 6) is 0. The molecule has 27 heavy (non-hydrogen) atoms. The van der Waals surface area contributed by atoms with E-state index in [1.807, 2.05) is 0 Å². The molecule has 0 atom stereocenters. The second kappa shape index (κ2) is 8.55. The van der Waals surface area contributed by atoms with E-state index < -0.39 is 16.6 Å². The molecule has 0 aliphatic rings. The normalized spacial score (nSPS) is 12.1. The lowest BCUT2D eigenvalue weighted by molar-refractivity contribution is 0.537. The highest BCUT2D eigenvalue weighted by Gasteiger charge is 2.33. The molecule has 0 bridgehead atoms. The first-order valence-corrected chi connectivity index (χ1v) is 15.9. The fourth-order valence-electron chi connectivity index (χ4n) is 3.70. The van der Waals surface area contributed by atoms with E-state index in [2.05, 4.69) is 102 Å². The molecule has 0 fully saturated rings. The molecular formula is C24H34OSi2. The van der Waals surface area contributed by atoms with Gasteiger partial charge in [0, 0.05) is 0 Å². The Kier molecular flexibility index (Phi) is 6.84. The Bertz CT molecular complexity index is 764. The van der Waals surface area contributed by atoms with Crippen molar-refractivity contribution in [3.63, 3.8) is 0 Å². The van der Waals surface area contributed by atoms with E-state index in [1.165, 1.54) is 22.3 Å². The lowest BCUT2D eigenvalue weighted by atomic mass is 10.1. The summed E-state index contributed by atoms with van der Waals surface area (Å²) in [4.78, 5) is 0. The summed E-state index contributed by atoms with van der Waals surface area (Å²) in [6, 6.07) is 19.6. The Balaban J connectivity index is 2.10. The van der Waals surface area contributed by atoms with E-state index in [-0.39, 0.29) is 0 Å². The Morgan fingerprint density at radius 3 is 1.44 bits per heavy atom. The molecule has 3 heteroatoms. The van der Waals surface area contributed by atoms with Crippen molar-refractivity contribution in [2.24, 2.45) is 0 Å². The monoisotopic (exact) mass is 394 g/mol. The maximum Gasteiger partial charge on any atom is 0.177 e. The average molecular weight is 395 g/mol. The number of hydrogen-bond donors (Lipinski definition) is 0. The molecule has 0 N–H and O–H groups in total. The molecule has 0 spiro atoms. The van der Waals surface area contributed by atoms with E-state index in [4.69, 9.17) is 4.12 Å². The van der Waals surface area contributed by atoms with Crippen LogP contribution in [0.2, 0.25) is 26.2 Å². The summed E-state index contributed by atoms with van der Waals surface area (Å²) >= 11 is 0. The molecule has 0 aliphatic heterocycles. The third kappa shape index (κ3) is 6.76. The third-order valence-corrected chi connectivity index (χ3v) is 11.6. The Labute approximate surface area is 168 Å². The fraction of sp³-hybridized carbons (Fsp3) is 0.333. The van der Waals surface area contributed by atoms with Gasteiger partial charge in [-0.3, -0.25) is 0 Å². The highest BCUT2D eigenvalue weighted by molar-refractivity contribution is 6.84. The Hall–Kier alpha value is -1.69. The number of hydrogen-bond acceptors (Lipinski definition) is 1. The second-order valence-corrected chi connectivity index (χ2v) is 17.5. The van der Waals surface area contributed by atoms with Crippen molar-refractivity contribution >= 4 is 27.8 Å². The number of benzene rings is 2. The lowest BCUT2D eigenvalue weighted by Crippen LogP contribution is -2.47. The van der Waals surface area contributed by atoms with Crippen molar-refractivity contribution < 1.29 is 4.12 Å². The van der Waals surface area contributed by atoms with Crippen LogP contribution in [0.1, 0.15) is 36.1 Å². The SMILES string of the molecule is C=C(C)c1cccc(C[Si](C)(C)O[Si](C)(C)Cc2cccc(C(=C)C)c2)c1. The number of rotatable bonds is 8. The molecule has 0 saturated carbocycles. The van der Waals surface area contributed by atoms with Crippen LogP contribution < -0.4 is 0 Å². The van der Waals surface area contributed by atoms with Gasteiger partial charge in [-0.15, -0.1) is 0 Å². The zero-order valence-electron chi connectivity index (χ0n) is 17.9. The molecule has 2 aromatic carbocycles. The maximum absolute atomic E-state index is 6.87. The smallest absolute Gasteiger partial charge is 0.177 e. The molecule has 0 amide bonds. The van der Waals surface area contributed by atoms with E-state index >= 15 is 0 Å². The summed E-state index contributed by atoms with van der Waals surface area (Å²) in [6.45, 7) is 21.7. The van der Waals surface area contributed by atoms with Crippen molar-refractivity contribution in [1.82, 2.24) is 0 Å². The molecule has 0 aromatic heterocycles. The molecule has 0 radical (unpaired) electrons. The van der Waals surface area contributed by atoms with Gasteiger partial charge in [0.25, 0.3) is 0 Å². The lowest BCUT2D eigenvalue weighted by Gasteiger charge is -2.34. The molecule has 0 aliphatic carbocycles. The van der Waals surface area contributed by atoms with Gasteiger partial charge in [-0.2, -0.15) is 0 Å². The summed E-state index contributed by atoms with van der Waals surface area (Å²) < 4.78 is 6.87. The molecule has 2 rings (SSSR count). The quantitative estimate of drug-likeness (QED) is 0.436. The van der Waals surface area contributed by atoms with Crippen LogP contribution >= 0.6 is 0 Å². The van der Waals surface area contributed by atoms with Gasteiger partial charge in [0.05, 0.1) is 0 Å². The first kappa shape index (κ1) is 21.6. The zero-order chi connectivity index (χ0) is 20.2. The molecule has 2 aromatic rings. The van der Waals surface area contributed by atoms with Gasteiger partial charge in [0.2, 0.25) is 0 Å². The van der Waals surface area contributed by atoms with Crippen molar-refractivity contribution in [1.29, 1.82) is 0 Å². The molecule has 0 unspecified atom stereocenters. The van der Waals surface area contributed by atoms with Gasteiger partial charge in [-0.1, -0.05) is 72.8 Å². The summed E-state index contributed by atoms with van der Waals surface area (Å²) in [7, 11) is -3.62. The summed E-state index contributed by atoms with van der Waals surface area (Å²) in [5, 5.41) is 0. The molecule has 0 heterocycles. The molecule has 0 saturated heterocycles. The maximum atomic E-state index is 6.87. The Morgan fingerprint density at radius 2 is 1.11 bits per heavy atom. The second-order valence-electron chi connectivity index (χ2n) is 8.94. The summed E-state index contributed by atoms with van der Waals surface area (Å²) in [6.07, 6.45) is 0. The van der Waals surface area contributed by atoms with Crippen LogP contribution in [0.15, 0.2) is 61.7 Å². The van der Waals surface area contributed by atoms with Crippen LogP contribution in [0.25, 0.3) is 11.1 Å². The minimum atomic E-state index is -1.81. The molecule has 1 nitrogen and oxygen atoms in total. The minimum absolute atomic E-state index is 1.04. The number of allylic oxidation sites excluding steroid dienone is 2. The van der Waals surface area contributed by atoms with E-state index in [0.29, 0.717) is 0 Å². The fourth-order valence-corrected chi connectivity index (χ4v) is 12.7. The minimum Gasteiger partial charge on any atom is -0.455 e. The molecule has 144 valence electrons. The predicted octanol–water partition coefficient (Wildman–Crippen LogP) is 7.04. The van der Waals surface area contributed by atoms with Crippen molar-refractivity contribution in [2.45, 2.75) is 52.1 Å². The van der Waals surface area contributed by atoms with Gasteiger partial charge in [-0.05, 0) is 74.4 Å². The van der Waals surface area contributed by atoms with Gasteiger partial charge >= 0.3 is 0 Å². The summed E-state index contributed by atoms with van der Waals surface area (Å²) in [5.41, 5.74) is 7.41. The van der Waals surface area contributed by atoms with Gasteiger partial charge in [-0.25, -0.2) is 0 Å². The zero-order valence-corrected chi connectivity index (χ0v) is 19.9. The van der Waals surface area contributed by atoms with E-state index in [0.717, 1.165) is 23.2 Å². The van der Waals surface area contributed by atoms with Crippen LogP contribution in [0.5, 0.6) is 0 Å². The standard InChI is InChI=1S/C24H34OSi2/c1-19(2)23-13-9-11-21(15-23)17-26(5,6)25-27(7,8)18-22-12-10-14-24(16-22)20(3)4/h9-16H,1,3,17-18H2,2,4-8H3. The van der Waals surface area contributed by atoms with Crippen molar-refractivity contribution in [3.05, 3.63) is 83.9 Å². The predicted molar refractivity (Wildman–Crippen MR) is 126 cm³/mol. The third-order valence-electron chi connectivity index (χ3n) is 4.65. The molecular weight excluding hydrogens is 360 g/mol. The largest absolute Gasteiger partial charge is 0.455 e. The van der Waals surface area contributed by atoms with Crippen LogP contribution in [-0.4, -0.2) is 16.6 Å². The van der Waals surface area contributed by atoms with E-state index in [9.17, 15) is 0 Å². The van der Waals surface area contributed by atoms with Crippen molar-refractivity contribution in [2.75, 3.05) is 0 Å². The van der Waals surface area contributed by atoms with Gasteiger partial charge in [0.15, 0.2) is 16.6 Å². The average Bonchev–Trinajstić information content (AvgIpc) is 2.53. The van der Waals surface area contributed by atoms with Gasteiger partial charge < -0.3 is 4.12 Å². The van der Waals surface area contributed by atoms with Crippen LogP contribution in [-0.2, 0) is 16.2 Å². The Morgan fingerprint density at radius 1 is 0.741 bits per heavy atom. The van der Waals surface area contributed by atoms with Gasteiger partial charge in [0.1, 0.15) is 0 Å². The van der Waals surface area contributed by atoms with Crippen molar-refractivity contribution in [3.8, 4) is 0 Å². The first-order chi connectivity index (χ1) is 12.5. The highest BCUT2D eigenvalue weighted by atomic mass is 28.4. The van der Waals surface area contributed by atoms with E-state index in [1.54, 1.807) is 0 Å². The first-order valence-electron chi connectivity index (χ1n) is 9.67.